The van der Waals surface area contributed by atoms with Crippen LogP contribution in [0.4, 0.5) is 0 Å². The number of rotatable bonds is 41. The lowest BCUT2D eigenvalue weighted by atomic mass is 10.0. The summed E-state index contributed by atoms with van der Waals surface area (Å²) in [5, 5.41) is 8.60. The van der Waals surface area contributed by atoms with Crippen LogP contribution in [0, 0.1) is 0 Å². The molecule has 1 N–H and O–H groups in total. The Morgan fingerprint density at radius 3 is 1.11 bits per heavy atom. The molecular formula is C37H76O10. The molecular weight excluding hydrogens is 604 g/mol. The summed E-state index contributed by atoms with van der Waals surface area (Å²) in [6.07, 6.45) is 19.2. The SMILES string of the molecule is CCCCCCCCCCCCCCCCOCC(C)OCC(C)OCC(C)OCCOCCOCCOCCOCCOCCO. The number of aliphatic hydroxyl groups excluding tert-OH is 1. The molecule has 10 nitrogen and oxygen atoms in total. The maximum absolute atomic E-state index is 8.60. The fourth-order valence-corrected chi connectivity index (χ4v) is 4.75. The van der Waals surface area contributed by atoms with Gasteiger partial charge in [-0.15, -0.1) is 0 Å². The predicted molar refractivity (Wildman–Crippen MR) is 189 cm³/mol. The Kier molecular flexibility index (Phi) is 39.7. The van der Waals surface area contributed by atoms with Gasteiger partial charge in [0.05, 0.1) is 117 Å². The van der Waals surface area contributed by atoms with Crippen molar-refractivity contribution >= 4 is 0 Å². The summed E-state index contributed by atoms with van der Waals surface area (Å²) >= 11 is 0. The summed E-state index contributed by atoms with van der Waals surface area (Å²) in [4.78, 5) is 0. The van der Waals surface area contributed by atoms with E-state index in [1.165, 1.54) is 83.5 Å². The van der Waals surface area contributed by atoms with E-state index in [1.807, 2.05) is 13.8 Å². The number of unbranched alkanes of at least 4 members (excludes halogenated alkanes) is 13. The van der Waals surface area contributed by atoms with Gasteiger partial charge in [0, 0.05) is 6.61 Å². The molecule has 0 saturated heterocycles. The van der Waals surface area contributed by atoms with Gasteiger partial charge in [0.2, 0.25) is 0 Å². The quantitative estimate of drug-likeness (QED) is 0.0696. The van der Waals surface area contributed by atoms with Gasteiger partial charge in [-0.25, -0.2) is 0 Å². The molecule has 47 heavy (non-hydrogen) atoms. The minimum absolute atomic E-state index is 0.00353. The summed E-state index contributed by atoms with van der Waals surface area (Å²) in [5.41, 5.74) is 0. The highest BCUT2D eigenvalue weighted by Crippen LogP contribution is 2.13. The third-order valence-corrected chi connectivity index (χ3v) is 7.58. The van der Waals surface area contributed by atoms with Crippen LogP contribution in [-0.4, -0.2) is 129 Å². The normalized spacial score (nSPS) is 13.7. The predicted octanol–water partition coefficient (Wildman–Crippen LogP) is 6.77. The molecule has 0 saturated carbocycles. The zero-order chi connectivity index (χ0) is 34.3. The fourth-order valence-electron chi connectivity index (χ4n) is 4.75. The van der Waals surface area contributed by atoms with Crippen molar-refractivity contribution in [2.24, 2.45) is 0 Å². The molecule has 0 aromatic heterocycles. The zero-order valence-corrected chi connectivity index (χ0v) is 31.1. The lowest BCUT2D eigenvalue weighted by Crippen LogP contribution is -2.27. The third kappa shape index (κ3) is 39.9. The van der Waals surface area contributed by atoms with E-state index >= 15 is 0 Å². The van der Waals surface area contributed by atoms with Crippen molar-refractivity contribution in [3.8, 4) is 0 Å². The Bertz CT molecular complexity index is 571. The van der Waals surface area contributed by atoms with Crippen molar-refractivity contribution in [1.29, 1.82) is 0 Å². The first-order valence-corrected chi connectivity index (χ1v) is 19.0. The lowest BCUT2D eigenvalue weighted by Gasteiger charge is -2.20. The van der Waals surface area contributed by atoms with Crippen molar-refractivity contribution in [2.45, 2.75) is 136 Å². The highest BCUT2D eigenvalue weighted by molar-refractivity contribution is 4.56. The van der Waals surface area contributed by atoms with Crippen LogP contribution < -0.4 is 0 Å². The van der Waals surface area contributed by atoms with Gasteiger partial charge in [-0.1, -0.05) is 90.4 Å². The second-order valence-corrected chi connectivity index (χ2v) is 12.4. The van der Waals surface area contributed by atoms with Crippen LogP contribution in [0.5, 0.6) is 0 Å². The fraction of sp³-hybridized carbons (Fsp3) is 1.00. The molecule has 0 rings (SSSR count). The van der Waals surface area contributed by atoms with E-state index in [0.717, 1.165) is 13.0 Å². The van der Waals surface area contributed by atoms with Crippen LogP contribution >= 0.6 is 0 Å². The molecule has 0 aromatic carbocycles. The van der Waals surface area contributed by atoms with Crippen molar-refractivity contribution in [2.75, 3.05) is 106 Å². The number of hydrogen-bond donors (Lipinski definition) is 1. The van der Waals surface area contributed by atoms with Gasteiger partial charge in [0.15, 0.2) is 0 Å². The summed E-state index contributed by atoms with van der Waals surface area (Å²) in [6, 6.07) is 0. The molecule has 0 aliphatic carbocycles. The van der Waals surface area contributed by atoms with Gasteiger partial charge in [-0.2, -0.15) is 0 Å². The average molecular weight is 681 g/mol. The van der Waals surface area contributed by atoms with Gasteiger partial charge in [-0.05, 0) is 27.2 Å². The van der Waals surface area contributed by atoms with Crippen LogP contribution in [0.2, 0.25) is 0 Å². The molecule has 3 atom stereocenters. The molecule has 0 heterocycles. The van der Waals surface area contributed by atoms with E-state index in [9.17, 15) is 0 Å². The zero-order valence-electron chi connectivity index (χ0n) is 31.1. The number of ether oxygens (including phenoxy) is 9. The first-order chi connectivity index (χ1) is 23.1. The van der Waals surface area contributed by atoms with E-state index in [-0.39, 0.29) is 24.9 Å². The Balaban J connectivity index is 3.35. The topological polar surface area (TPSA) is 103 Å². The minimum atomic E-state index is -0.0163. The van der Waals surface area contributed by atoms with Gasteiger partial charge in [-0.3, -0.25) is 0 Å². The van der Waals surface area contributed by atoms with E-state index in [0.29, 0.717) is 92.5 Å². The van der Waals surface area contributed by atoms with Crippen LogP contribution in [-0.2, 0) is 42.6 Å². The summed E-state index contributed by atoms with van der Waals surface area (Å²) in [6.45, 7) is 16.3. The molecule has 10 heteroatoms. The molecule has 0 amide bonds. The van der Waals surface area contributed by atoms with E-state index in [2.05, 4.69) is 13.8 Å². The summed E-state index contributed by atoms with van der Waals surface area (Å²) in [5.74, 6) is 0. The first-order valence-electron chi connectivity index (χ1n) is 19.0. The molecule has 0 fully saturated rings. The van der Waals surface area contributed by atoms with Gasteiger partial charge >= 0.3 is 0 Å². The Morgan fingerprint density at radius 2 is 0.681 bits per heavy atom. The van der Waals surface area contributed by atoms with Gasteiger partial charge in [0.25, 0.3) is 0 Å². The highest BCUT2D eigenvalue weighted by Gasteiger charge is 2.10. The monoisotopic (exact) mass is 681 g/mol. The lowest BCUT2D eigenvalue weighted by molar-refractivity contribution is -0.0854. The highest BCUT2D eigenvalue weighted by atomic mass is 16.6. The second-order valence-electron chi connectivity index (χ2n) is 12.4. The number of hydrogen-bond acceptors (Lipinski definition) is 10. The smallest absolute Gasteiger partial charge is 0.0781 e. The van der Waals surface area contributed by atoms with E-state index in [4.69, 9.17) is 47.7 Å². The molecule has 0 bridgehead atoms. The van der Waals surface area contributed by atoms with Crippen LogP contribution in [0.25, 0.3) is 0 Å². The second kappa shape index (κ2) is 40.0. The van der Waals surface area contributed by atoms with Gasteiger partial charge in [0.1, 0.15) is 0 Å². The van der Waals surface area contributed by atoms with Crippen molar-refractivity contribution in [3.63, 3.8) is 0 Å². The Morgan fingerprint density at radius 1 is 0.340 bits per heavy atom. The molecule has 284 valence electrons. The molecule has 0 spiro atoms. The van der Waals surface area contributed by atoms with Crippen molar-refractivity contribution in [1.82, 2.24) is 0 Å². The molecule has 0 aliphatic heterocycles. The Labute approximate surface area is 289 Å². The van der Waals surface area contributed by atoms with Crippen molar-refractivity contribution < 1.29 is 47.7 Å². The van der Waals surface area contributed by atoms with Crippen LogP contribution in [0.1, 0.15) is 118 Å². The number of aliphatic hydroxyl groups is 1. The summed E-state index contributed by atoms with van der Waals surface area (Å²) < 4.78 is 50.3. The maximum atomic E-state index is 8.60. The minimum Gasteiger partial charge on any atom is -0.394 e. The average Bonchev–Trinajstić information content (AvgIpc) is 3.07. The van der Waals surface area contributed by atoms with Crippen LogP contribution in [0.3, 0.4) is 0 Å². The molecule has 0 radical (unpaired) electrons. The molecule has 3 unspecified atom stereocenters. The third-order valence-electron chi connectivity index (χ3n) is 7.58. The first kappa shape index (κ1) is 46.6. The van der Waals surface area contributed by atoms with Crippen molar-refractivity contribution in [3.05, 3.63) is 0 Å². The van der Waals surface area contributed by atoms with E-state index < -0.39 is 0 Å². The van der Waals surface area contributed by atoms with E-state index in [1.54, 1.807) is 0 Å². The maximum Gasteiger partial charge on any atom is 0.0781 e. The van der Waals surface area contributed by atoms with Crippen LogP contribution in [0.15, 0.2) is 0 Å². The molecule has 0 aliphatic rings. The standard InChI is InChI=1S/C37H76O10/c1-5-6-7-8-9-10-11-12-13-14-15-16-17-18-20-44-32-35(2)46-34-37(4)47-33-36(3)45-31-30-43-29-28-42-27-26-41-25-24-40-23-22-39-21-19-38/h35-38H,5-34H2,1-4H3. The van der Waals surface area contributed by atoms with Gasteiger partial charge < -0.3 is 47.7 Å². The Hall–Kier alpha value is -0.400. The largest absolute Gasteiger partial charge is 0.394 e. The molecule has 0 aromatic rings. The summed E-state index contributed by atoms with van der Waals surface area (Å²) in [7, 11) is 0.